The first kappa shape index (κ1) is 19.3. The van der Waals surface area contributed by atoms with Crippen molar-refractivity contribution in [3.05, 3.63) is 56.4 Å². The van der Waals surface area contributed by atoms with E-state index in [9.17, 15) is 14.4 Å². The Balaban J connectivity index is 1.60. The van der Waals surface area contributed by atoms with Crippen molar-refractivity contribution in [1.82, 2.24) is 9.13 Å². The summed E-state index contributed by atoms with van der Waals surface area (Å²) in [7, 11) is 2.97. The minimum Gasteiger partial charge on any atom is -0.486 e. The van der Waals surface area contributed by atoms with Crippen molar-refractivity contribution in [3.63, 3.8) is 0 Å². The molecule has 0 saturated heterocycles. The van der Waals surface area contributed by atoms with E-state index in [1.54, 1.807) is 7.05 Å². The van der Waals surface area contributed by atoms with Crippen LogP contribution in [-0.2, 0) is 35.6 Å². The molecule has 0 bridgehead atoms. The number of aromatic nitrogens is 2. The average Bonchev–Trinajstić information content (AvgIpc) is 3.24. The monoisotopic (exact) mass is 400 g/mol. The molecule has 154 valence electrons. The maximum absolute atomic E-state index is 13.2. The fraction of sp³-hybridized carbons (Fsp3) is 0.476. The van der Waals surface area contributed by atoms with Crippen molar-refractivity contribution in [1.29, 1.82) is 0 Å². The first-order chi connectivity index (χ1) is 13.9. The predicted molar refractivity (Wildman–Crippen MR) is 104 cm³/mol. The van der Waals surface area contributed by atoms with Crippen LogP contribution in [0.25, 0.3) is 0 Å². The van der Waals surface area contributed by atoms with Crippen LogP contribution in [0.3, 0.4) is 0 Å². The molecule has 1 aliphatic heterocycles. The second-order valence-electron chi connectivity index (χ2n) is 7.60. The molecule has 0 amide bonds. The van der Waals surface area contributed by atoms with Gasteiger partial charge in [0.1, 0.15) is 19.8 Å². The molecule has 0 atom stereocenters. The van der Waals surface area contributed by atoms with Crippen molar-refractivity contribution >= 4 is 5.97 Å². The molecule has 8 nitrogen and oxygen atoms in total. The molecule has 0 unspecified atom stereocenters. The van der Waals surface area contributed by atoms with Gasteiger partial charge in [-0.1, -0.05) is 18.9 Å². The van der Waals surface area contributed by atoms with Gasteiger partial charge < -0.3 is 14.2 Å². The van der Waals surface area contributed by atoms with Crippen LogP contribution in [0.2, 0.25) is 0 Å². The zero-order chi connectivity index (χ0) is 20.6. The quantitative estimate of drug-likeness (QED) is 0.721. The highest BCUT2D eigenvalue weighted by molar-refractivity contribution is 5.84. The Labute approximate surface area is 167 Å². The molecule has 0 spiro atoms. The zero-order valence-electron chi connectivity index (χ0n) is 16.6. The summed E-state index contributed by atoms with van der Waals surface area (Å²) in [6.45, 7) is 0.854. The summed E-state index contributed by atoms with van der Waals surface area (Å²) in [5, 5.41) is 0. The van der Waals surface area contributed by atoms with Crippen LogP contribution in [-0.4, -0.2) is 28.3 Å². The van der Waals surface area contributed by atoms with Gasteiger partial charge in [-0.3, -0.25) is 18.7 Å². The first-order valence-corrected chi connectivity index (χ1v) is 9.76. The summed E-state index contributed by atoms with van der Waals surface area (Å²) in [4.78, 5) is 37.2. The molecule has 1 fully saturated rings. The lowest BCUT2D eigenvalue weighted by Crippen LogP contribution is -2.39. The minimum absolute atomic E-state index is 0.132. The zero-order valence-corrected chi connectivity index (χ0v) is 16.6. The maximum atomic E-state index is 13.2. The SMILES string of the molecule is Cn1c(COC(=O)C2(c3ccc4c(c3)OCCO4)CCCC2)cc(=O)n(C)c1=O. The third-order valence-electron chi connectivity index (χ3n) is 5.92. The van der Waals surface area contributed by atoms with Crippen molar-refractivity contribution in [2.45, 2.75) is 37.7 Å². The molecular formula is C21H24N2O6. The lowest BCUT2D eigenvalue weighted by atomic mass is 9.78. The molecule has 1 saturated carbocycles. The van der Waals surface area contributed by atoms with Gasteiger partial charge in [-0.15, -0.1) is 0 Å². The molecule has 2 heterocycles. The summed E-state index contributed by atoms with van der Waals surface area (Å²) >= 11 is 0. The van der Waals surface area contributed by atoms with E-state index in [4.69, 9.17) is 14.2 Å². The Hall–Kier alpha value is -3.03. The second-order valence-corrected chi connectivity index (χ2v) is 7.60. The van der Waals surface area contributed by atoms with Crippen molar-refractivity contribution in [2.24, 2.45) is 14.1 Å². The van der Waals surface area contributed by atoms with Crippen molar-refractivity contribution < 1.29 is 19.0 Å². The number of nitrogens with zero attached hydrogens (tertiary/aromatic N) is 2. The highest BCUT2D eigenvalue weighted by atomic mass is 16.6. The Morgan fingerprint density at radius 3 is 2.45 bits per heavy atom. The van der Waals surface area contributed by atoms with Gasteiger partial charge in [0.25, 0.3) is 5.56 Å². The number of benzene rings is 1. The Kier molecular flexibility index (Phi) is 4.94. The summed E-state index contributed by atoms with van der Waals surface area (Å²) in [6.07, 6.45) is 3.21. The number of esters is 1. The molecule has 8 heteroatoms. The van der Waals surface area contributed by atoms with Crippen LogP contribution in [0.5, 0.6) is 11.5 Å². The smallest absolute Gasteiger partial charge is 0.330 e. The van der Waals surface area contributed by atoms with Crippen LogP contribution in [0.4, 0.5) is 0 Å². The summed E-state index contributed by atoms with van der Waals surface area (Å²) in [5.41, 5.74) is -0.425. The minimum atomic E-state index is -0.756. The Morgan fingerprint density at radius 2 is 1.72 bits per heavy atom. The number of hydrogen-bond acceptors (Lipinski definition) is 6. The Morgan fingerprint density at radius 1 is 1.03 bits per heavy atom. The molecule has 2 aliphatic rings. The summed E-state index contributed by atoms with van der Waals surface area (Å²) < 4.78 is 19.2. The average molecular weight is 400 g/mol. The number of ether oxygens (including phenoxy) is 3. The van der Waals surface area contributed by atoms with Crippen LogP contribution in [0.15, 0.2) is 33.9 Å². The fourth-order valence-electron chi connectivity index (χ4n) is 4.12. The molecule has 0 N–H and O–H groups in total. The van der Waals surface area contributed by atoms with Gasteiger partial charge in [-0.05, 0) is 30.5 Å². The number of carbonyl (C=O) groups is 1. The topological polar surface area (TPSA) is 88.8 Å². The molecular weight excluding hydrogens is 376 g/mol. The van der Waals surface area contributed by atoms with E-state index in [-0.39, 0.29) is 12.6 Å². The van der Waals surface area contributed by atoms with Gasteiger partial charge in [-0.25, -0.2) is 4.79 Å². The highest BCUT2D eigenvalue weighted by Gasteiger charge is 2.44. The second kappa shape index (κ2) is 7.42. The molecule has 1 aromatic carbocycles. The predicted octanol–water partition coefficient (Wildman–Crippen LogP) is 1.41. The van der Waals surface area contributed by atoms with Gasteiger partial charge in [0.05, 0.1) is 11.1 Å². The first-order valence-electron chi connectivity index (χ1n) is 9.76. The summed E-state index contributed by atoms with van der Waals surface area (Å²) in [5.74, 6) is 0.971. The van der Waals surface area contributed by atoms with E-state index in [1.807, 2.05) is 18.2 Å². The number of fused-ring (bicyclic) bond motifs is 1. The summed E-state index contributed by atoms with van der Waals surface area (Å²) in [6, 6.07) is 6.92. The van der Waals surface area contributed by atoms with E-state index in [2.05, 4.69) is 0 Å². The largest absolute Gasteiger partial charge is 0.486 e. The van der Waals surface area contributed by atoms with Gasteiger partial charge >= 0.3 is 11.7 Å². The van der Waals surface area contributed by atoms with E-state index in [0.717, 1.165) is 23.0 Å². The molecule has 2 aromatic rings. The molecule has 1 aromatic heterocycles. The van der Waals surface area contributed by atoms with E-state index in [0.29, 0.717) is 43.2 Å². The fourth-order valence-corrected chi connectivity index (χ4v) is 4.12. The number of carbonyl (C=O) groups excluding carboxylic acids is 1. The standard InChI is InChI=1S/C21H24N2O6/c1-22-15(12-18(24)23(2)20(22)26)13-29-19(25)21(7-3-4-8-21)14-5-6-16-17(11-14)28-10-9-27-16/h5-6,11-12H,3-4,7-10,13H2,1-2H3. The Bertz CT molecular complexity index is 1060. The normalized spacial score (nSPS) is 17.2. The maximum Gasteiger partial charge on any atom is 0.330 e. The lowest BCUT2D eigenvalue weighted by molar-refractivity contribution is -0.152. The van der Waals surface area contributed by atoms with Gasteiger partial charge in [-0.2, -0.15) is 0 Å². The van der Waals surface area contributed by atoms with Gasteiger partial charge in [0.2, 0.25) is 0 Å². The van der Waals surface area contributed by atoms with Crippen LogP contribution in [0.1, 0.15) is 36.9 Å². The molecule has 4 rings (SSSR count). The van der Waals surface area contributed by atoms with Crippen molar-refractivity contribution in [3.8, 4) is 11.5 Å². The highest BCUT2D eigenvalue weighted by Crippen LogP contribution is 2.45. The van der Waals surface area contributed by atoms with Crippen LogP contribution < -0.4 is 20.7 Å². The van der Waals surface area contributed by atoms with Gasteiger partial charge in [0, 0.05) is 20.2 Å². The van der Waals surface area contributed by atoms with E-state index >= 15 is 0 Å². The third kappa shape index (κ3) is 3.32. The number of rotatable bonds is 4. The molecule has 1 aliphatic carbocycles. The lowest BCUT2D eigenvalue weighted by Gasteiger charge is -2.29. The van der Waals surface area contributed by atoms with E-state index < -0.39 is 16.7 Å². The van der Waals surface area contributed by atoms with E-state index in [1.165, 1.54) is 17.7 Å². The van der Waals surface area contributed by atoms with Crippen molar-refractivity contribution in [2.75, 3.05) is 13.2 Å². The van der Waals surface area contributed by atoms with Crippen LogP contribution >= 0.6 is 0 Å². The van der Waals surface area contributed by atoms with Gasteiger partial charge in [0.15, 0.2) is 11.5 Å². The molecule has 29 heavy (non-hydrogen) atoms. The number of hydrogen-bond donors (Lipinski definition) is 0. The molecule has 0 radical (unpaired) electrons. The third-order valence-corrected chi connectivity index (χ3v) is 5.92. The van der Waals surface area contributed by atoms with Crippen LogP contribution in [0, 0.1) is 0 Å².